The minimum absolute atomic E-state index is 0.0235. The van der Waals surface area contributed by atoms with E-state index >= 15 is 0 Å². The van der Waals surface area contributed by atoms with Gasteiger partial charge in [-0.15, -0.1) is 0 Å². The average molecular weight is 276 g/mol. The zero-order chi connectivity index (χ0) is 14.5. The number of carbonyl (C=O) groups excluding carboxylic acids is 1. The highest BCUT2D eigenvalue weighted by Crippen LogP contribution is 2.11. The van der Waals surface area contributed by atoms with Crippen LogP contribution in [0.4, 0.5) is 0 Å². The molecule has 1 amide bonds. The summed E-state index contributed by atoms with van der Waals surface area (Å²) in [4.78, 5) is 27.1. The Morgan fingerprint density at radius 3 is 2.45 bits per heavy atom. The molecule has 1 aliphatic rings. The number of carboxylic acid groups (broad SMARTS) is 1. The first-order valence-corrected chi connectivity index (χ1v) is 6.91. The van der Waals surface area contributed by atoms with Crippen molar-refractivity contribution in [2.75, 3.05) is 26.2 Å². The largest absolute Gasteiger partial charge is 0.480 e. The lowest BCUT2D eigenvalue weighted by atomic mass is 10.2. The third kappa shape index (κ3) is 3.36. The predicted octanol–water partition coefficient (Wildman–Crippen LogP) is 1.31. The van der Waals surface area contributed by atoms with Crippen molar-refractivity contribution in [2.45, 2.75) is 19.4 Å². The van der Waals surface area contributed by atoms with Gasteiger partial charge in [0.25, 0.3) is 5.91 Å². The summed E-state index contributed by atoms with van der Waals surface area (Å²) in [6, 6.07) is 8.71. The van der Waals surface area contributed by atoms with Crippen LogP contribution in [0.15, 0.2) is 30.3 Å². The van der Waals surface area contributed by atoms with Crippen LogP contribution in [-0.2, 0) is 4.79 Å². The third-order valence-corrected chi connectivity index (χ3v) is 3.74. The Kier molecular flexibility index (Phi) is 4.74. The number of benzene rings is 1. The van der Waals surface area contributed by atoms with E-state index in [1.807, 2.05) is 40.1 Å². The number of rotatable bonds is 3. The molecule has 5 nitrogen and oxygen atoms in total. The molecular weight excluding hydrogens is 256 g/mol. The van der Waals surface area contributed by atoms with Gasteiger partial charge in [-0.2, -0.15) is 0 Å². The molecule has 1 atom stereocenters. The molecular formula is C15H20N2O3. The second kappa shape index (κ2) is 6.52. The molecule has 108 valence electrons. The summed E-state index contributed by atoms with van der Waals surface area (Å²) in [6.07, 6.45) is 0.802. The second-order valence-electron chi connectivity index (χ2n) is 5.06. The van der Waals surface area contributed by atoms with Gasteiger partial charge in [0.1, 0.15) is 6.04 Å². The number of carbonyl (C=O) groups is 2. The highest BCUT2D eigenvalue weighted by molar-refractivity contribution is 5.94. The molecule has 1 heterocycles. The molecule has 0 saturated carbocycles. The van der Waals surface area contributed by atoms with Crippen molar-refractivity contribution in [2.24, 2.45) is 0 Å². The molecule has 0 aromatic heterocycles. The van der Waals surface area contributed by atoms with Gasteiger partial charge >= 0.3 is 5.97 Å². The van der Waals surface area contributed by atoms with Crippen LogP contribution in [0.2, 0.25) is 0 Å². The van der Waals surface area contributed by atoms with Crippen molar-refractivity contribution in [3.63, 3.8) is 0 Å². The number of aliphatic carboxylic acids is 1. The maximum absolute atomic E-state index is 12.4. The van der Waals surface area contributed by atoms with Crippen molar-refractivity contribution < 1.29 is 14.7 Å². The maximum Gasteiger partial charge on any atom is 0.320 e. The predicted molar refractivity (Wildman–Crippen MR) is 75.6 cm³/mol. The van der Waals surface area contributed by atoms with E-state index in [-0.39, 0.29) is 5.91 Å². The molecule has 1 aromatic rings. The molecule has 2 rings (SSSR count). The van der Waals surface area contributed by atoms with E-state index in [9.17, 15) is 9.59 Å². The van der Waals surface area contributed by atoms with Crippen LogP contribution < -0.4 is 0 Å². The third-order valence-electron chi connectivity index (χ3n) is 3.74. The van der Waals surface area contributed by atoms with E-state index in [1.54, 1.807) is 6.92 Å². The fourth-order valence-electron chi connectivity index (χ4n) is 2.45. The van der Waals surface area contributed by atoms with Gasteiger partial charge in [0.05, 0.1) is 0 Å². The molecule has 0 radical (unpaired) electrons. The lowest BCUT2D eigenvalue weighted by Gasteiger charge is -2.24. The molecule has 1 saturated heterocycles. The minimum atomic E-state index is -0.812. The fourth-order valence-corrected chi connectivity index (χ4v) is 2.45. The molecule has 1 unspecified atom stereocenters. The van der Waals surface area contributed by atoms with E-state index < -0.39 is 12.0 Å². The van der Waals surface area contributed by atoms with Gasteiger partial charge in [0, 0.05) is 31.7 Å². The standard InChI is InChI=1S/C15H20N2O3/c1-12(15(19)20)16-8-5-9-17(11-10-16)14(18)13-6-3-2-4-7-13/h2-4,6-7,12H,5,8-11H2,1H3,(H,19,20). The van der Waals surface area contributed by atoms with Crippen LogP contribution >= 0.6 is 0 Å². The van der Waals surface area contributed by atoms with Crippen LogP contribution in [0.5, 0.6) is 0 Å². The maximum atomic E-state index is 12.4. The Morgan fingerprint density at radius 1 is 1.10 bits per heavy atom. The lowest BCUT2D eigenvalue weighted by molar-refractivity contribution is -0.142. The molecule has 1 fully saturated rings. The molecule has 0 bridgehead atoms. The molecule has 5 heteroatoms. The normalized spacial score (nSPS) is 18.4. The molecule has 1 N–H and O–H groups in total. The summed E-state index contributed by atoms with van der Waals surface area (Å²) in [5.41, 5.74) is 0.687. The van der Waals surface area contributed by atoms with Crippen molar-refractivity contribution >= 4 is 11.9 Å². The van der Waals surface area contributed by atoms with Gasteiger partial charge in [-0.25, -0.2) is 0 Å². The zero-order valence-electron chi connectivity index (χ0n) is 11.7. The summed E-state index contributed by atoms with van der Waals surface area (Å²) in [6.45, 7) is 4.26. The van der Waals surface area contributed by atoms with E-state index in [4.69, 9.17) is 5.11 Å². The van der Waals surface area contributed by atoms with Gasteiger partial charge in [-0.1, -0.05) is 18.2 Å². The Morgan fingerprint density at radius 2 is 1.80 bits per heavy atom. The van der Waals surface area contributed by atoms with E-state index in [0.717, 1.165) is 6.42 Å². The first-order valence-electron chi connectivity index (χ1n) is 6.91. The van der Waals surface area contributed by atoms with Crippen LogP contribution in [-0.4, -0.2) is 59.0 Å². The smallest absolute Gasteiger partial charge is 0.320 e. The second-order valence-corrected chi connectivity index (χ2v) is 5.06. The summed E-state index contributed by atoms with van der Waals surface area (Å²) < 4.78 is 0. The Bertz CT molecular complexity index is 475. The van der Waals surface area contributed by atoms with Crippen LogP contribution in [0.1, 0.15) is 23.7 Å². The van der Waals surface area contributed by atoms with Crippen molar-refractivity contribution in [3.8, 4) is 0 Å². The first-order chi connectivity index (χ1) is 9.59. The number of hydrogen-bond donors (Lipinski definition) is 1. The summed E-state index contributed by atoms with van der Waals surface area (Å²) >= 11 is 0. The van der Waals surface area contributed by atoms with E-state index in [0.29, 0.717) is 31.7 Å². The summed E-state index contributed by atoms with van der Waals surface area (Å²) in [5, 5.41) is 9.06. The van der Waals surface area contributed by atoms with Gasteiger partial charge in [0.15, 0.2) is 0 Å². The van der Waals surface area contributed by atoms with Crippen molar-refractivity contribution in [3.05, 3.63) is 35.9 Å². The van der Waals surface area contributed by atoms with Crippen LogP contribution in [0.25, 0.3) is 0 Å². The van der Waals surface area contributed by atoms with E-state index in [2.05, 4.69) is 0 Å². The minimum Gasteiger partial charge on any atom is -0.480 e. The fraction of sp³-hybridized carbons (Fsp3) is 0.467. The topological polar surface area (TPSA) is 60.9 Å². The van der Waals surface area contributed by atoms with Crippen molar-refractivity contribution in [1.82, 2.24) is 9.80 Å². The Labute approximate surface area is 118 Å². The number of amides is 1. The SMILES string of the molecule is CC(C(=O)O)N1CCCN(C(=O)c2ccccc2)CC1. The lowest BCUT2D eigenvalue weighted by Crippen LogP contribution is -2.42. The Hall–Kier alpha value is -1.88. The van der Waals surface area contributed by atoms with Gasteiger partial charge in [0.2, 0.25) is 0 Å². The summed E-state index contributed by atoms with van der Waals surface area (Å²) in [5.74, 6) is -0.789. The number of hydrogen-bond acceptors (Lipinski definition) is 3. The number of nitrogens with zero attached hydrogens (tertiary/aromatic N) is 2. The van der Waals surface area contributed by atoms with Gasteiger partial charge in [-0.05, 0) is 25.5 Å². The zero-order valence-corrected chi connectivity index (χ0v) is 11.7. The van der Waals surface area contributed by atoms with E-state index in [1.165, 1.54) is 0 Å². The molecule has 1 aliphatic heterocycles. The van der Waals surface area contributed by atoms with Gasteiger partial charge < -0.3 is 10.0 Å². The molecule has 0 aliphatic carbocycles. The molecule has 0 spiro atoms. The number of carboxylic acids is 1. The quantitative estimate of drug-likeness (QED) is 0.904. The van der Waals surface area contributed by atoms with Crippen molar-refractivity contribution in [1.29, 1.82) is 0 Å². The first kappa shape index (κ1) is 14.5. The monoisotopic (exact) mass is 276 g/mol. The molecule has 1 aromatic carbocycles. The summed E-state index contributed by atoms with van der Waals surface area (Å²) in [7, 11) is 0. The molecule has 20 heavy (non-hydrogen) atoms. The Balaban J connectivity index is 1.99. The van der Waals surface area contributed by atoms with Crippen LogP contribution in [0, 0.1) is 0 Å². The highest BCUT2D eigenvalue weighted by atomic mass is 16.4. The average Bonchev–Trinajstić information content (AvgIpc) is 2.72. The van der Waals surface area contributed by atoms with Crippen LogP contribution in [0.3, 0.4) is 0 Å². The van der Waals surface area contributed by atoms with Gasteiger partial charge in [-0.3, -0.25) is 14.5 Å². The highest BCUT2D eigenvalue weighted by Gasteiger charge is 2.25.